The van der Waals surface area contributed by atoms with Gasteiger partial charge in [0.15, 0.2) is 22.5 Å². The lowest BCUT2D eigenvalue weighted by atomic mass is 9.88. The molecule has 17 nitrogen and oxygen atoms in total. The van der Waals surface area contributed by atoms with E-state index in [2.05, 4.69) is 45.3 Å². The Balaban J connectivity index is 0.000000197. The number of ether oxygens (including phenoxy) is 3. The Morgan fingerprint density at radius 3 is 1.59 bits per heavy atom. The number of carbonyl (C=O) groups is 6. The van der Waals surface area contributed by atoms with Crippen molar-refractivity contribution >= 4 is 55.1 Å². The third-order valence-corrected chi connectivity index (χ3v) is 13.3. The quantitative estimate of drug-likeness (QED) is 0.0637. The molecule has 4 aromatic rings. The summed E-state index contributed by atoms with van der Waals surface area (Å²) in [5.41, 5.74) is 1.59. The van der Waals surface area contributed by atoms with Gasteiger partial charge in [-0.3, -0.25) is 24.5 Å². The molecule has 8 amide bonds. The van der Waals surface area contributed by atoms with E-state index in [1.165, 1.54) is 19.1 Å². The van der Waals surface area contributed by atoms with Gasteiger partial charge in [0.2, 0.25) is 0 Å². The first-order valence-electron chi connectivity index (χ1n) is 20.3. The highest BCUT2D eigenvalue weighted by atomic mass is 28.3. The van der Waals surface area contributed by atoms with E-state index < -0.39 is 43.0 Å². The fourth-order valence-electron chi connectivity index (χ4n) is 7.97. The number of urea groups is 2. The van der Waals surface area contributed by atoms with E-state index in [1.54, 1.807) is 77.7 Å². The molecular formula is C46H46N8O9Si. The zero-order valence-corrected chi connectivity index (χ0v) is 36.9. The van der Waals surface area contributed by atoms with Crippen molar-refractivity contribution in [1.29, 1.82) is 0 Å². The number of rotatable bonds is 13. The minimum absolute atomic E-state index is 0.0300. The van der Waals surface area contributed by atoms with Crippen LogP contribution in [0.1, 0.15) is 43.0 Å². The van der Waals surface area contributed by atoms with E-state index >= 15 is 0 Å². The number of hydrogen-bond acceptors (Lipinski definition) is 9. The number of hydrogen-bond donors (Lipinski definition) is 3. The molecular weight excluding hydrogens is 837 g/mol. The van der Waals surface area contributed by atoms with Crippen LogP contribution >= 0.6 is 0 Å². The number of nitrogens with one attached hydrogen (secondary N) is 3. The summed E-state index contributed by atoms with van der Waals surface area (Å²) in [6.45, 7) is 21.8. The molecule has 2 saturated heterocycles. The molecule has 3 N–H and O–H groups in total. The van der Waals surface area contributed by atoms with Crippen LogP contribution in [0.2, 0.25) is 25.7 Å². The van der Waals surface area contributed by atoms with Crippen LogP contribution in [0, 0.1) is 13.1 Å². The molecule has 4 aliphatic heterocycles. The summed E-state index contributed by atoms with van der Waals surface area (Å²) < 4.78 is 16.2. The topological polar surface area (TPSA) is 185 Å². The number of imide groups is 2. The number of nitrogens with zero attached hydrogens (tertiary/aromatic N) is 5. The zero-order chi connectivity index (χ0) is 46.0. The average molecular weight is 883 g/mol. The first-order valence-corrected chi connectivity index (χ1v) is 24.0. The van der Waals surface area contributed by atoms with Crippen molar-refractivity contribution in [2.24, 2.45) is 0 Å². The van der Waals surface area contributed by atoms with Crippen molar-refractivity contribution in [3.05, 3.63) is 141 Å². The molecule has 0 saturated carbocycles. The largest absolute Gasteiger partial charge is 0.497 e. The van der Waals surface area contributed by atoms with Gasteiger partial charge in [-0.1, -0.05) is 80.3 Å². The maximum Gasteiger partial charge on any atom is 0.327 e. The van der Waals surface area contributed by atoms with E-state index in [0.29, 0.717) is 64.8 Å². The molecule has 4 aliphatic rings. The monoisotopic (exact) mass is 882 g/mol. The lowest BCUT2D eigenvalue weighted by molar-refractivity contribution is -0.135. The van der Waals surface area contributed by atoms with E-state index in [-0.39, 0.29) is 31.6 Å². The second-order valence-electron chi connectivity index (χ2n) is 16.9. The highest BCUT2D eigenvalue weighted by Gasteiger charge is 2.55. The zero-order valence-electron chi connectivity index (χ0n) is 35.9. The standard InChI is InChI=1S/C26H30N4O5Si.C20H16N4O4/c1-27-20-9-7-19(8-10-20)26(16-29-15-18-6-11-21(34-2)14-22(18)23(29)31)24(32)30(25(33)28-26)17-35-12-13-36(3,4)5;1-21-14-6-4-13(5-7-14)20(18(26)22-19(27)23-20)11-24-10-12-3-8-15(28-2)9-16(12)17(24)25/h6-11,14H,12-13,15-17H2,2-5H3,(H,28,33);3-9H,10-11H2,2H3,(H2,22,23,26,27)/t26-;20-/m00/s1. The molecule has 8 rings (SSSR count). The fraction of sp³-hybridized carbons (Fsp3) is 0.304. The Morgan fingerprint density at radius 1 is 0.672 bits per heavy atom. The predicted molar refractivity (Wildman–Crippen MR) is 235 cm³/mol. The Bertz CT molecular complexity index is 2640. The van der Waals surface area contributed by atoms with E-state index in [1.807, 2.05) is 12.1 Å². The van der Waals surface area contributed by atoms with Crippen LogP contribution < -0.4 is 25.4 Å². The van der Waals surface area contributed by atoms with Crippen molar-refractivity contribution in [3.63, 3.8) is 0 Å². The Kier molecular flexibility index (Phi) is 12.3. The van der Waals surface area contributed by atoms with E-state index in [0.717, 1.165) is 22.1 Å². The SMILES string of the molecule is [C-]#[N+]c1ccc([C@]2(CN3Cc4ccc(OC)cc4C3=O)NC(=O)N(COCC[Si](C)(C)C)C2=O)cc1.[C-]#[N+]c1ccc([C@]2(CN3Cc4ccc(OC)cc4C3=O)NC(=O)NC2=O)cc1. The summed E-state index contributed by atoms with van der Waals surface area (Å²) in [7, 11) is 1.73. The number of amides is 8. The summed E-state index contributed by atoms with van der Waals surface area (Å²) in [6, 6.07) is 23.2. The van der Waals surface area contributed by atoms with Crippen LogP contribution in [0.15, 0.2) is 84.9 Å². The van der Waals surface area contributed by atoms with Gasteiger partial charge < -0.3 is 34.6 Å². The average Bonchev–Trinajstić information content (AvgIpc) is 3.95. The Morgan fingerprint density at radius 2 is 1.16 bits per heavy atom. The normalized spacial score (nSPS) is 19.8. The summed E-state index contributed by atoms with van der Waals surface area (Å²) in [4.78, 5) is 88.5. The first-order chi connectivity index (χ1) is 30.5. The van der Waals surface area contributed by atoms with Gasteiger partial charge in [-0.15, -0.1) is 0 Å². The van der Waals surface area contributed by atoms with E-state index in [9.17, 15) is 28.8 Å². The van der Waals surface area contributed by atoms with Crippen LogP contribution in [0.4, 0.5) is 21.0 Å². The molecule has 2 atom stereocenters. The Hall–Kier alpha value is -7.54. The molecule has 0 aromatic heterocycles. The molecule has 328 valence electrons. The molecule has 64 heavy (non-hydrogen) atoms. The number of methoxy groups -OCH3 is 2. The molecule has 0 spiro atoms. The minimum Gasteiger partial charge on any atom is -0.497 e. The Labute approximate surface area is 370 Å². The van der Waals surface area contributed by atoms with Gasteiger partial charge in [0.1, 0.15) is 18.2 Å². The molecule has 0 bridgehead atoms. The van der Waals surface area contributed by atoms with Gasteiger partial charge in [-0.25, -0.2) is 24.2 Å². The van der Waals surface area contributed by atoms with Gasteiger partial charge in [-0.05, 0) is 52.6 Å². The molecule has 4 aromatic carbocycles. The highest BCUT2D eigenvalue weighted by Crippen LogP contribution is 2.36. The van der Waals surface area contributed by atoms with Gasteiger partial charge in [0.05, 0.1) is 40.5 Å². The van der Waals surface area contributed by atoms with Crippen molar-refractivity contribution in [1.82, 2.24) is 30.7 Å². The molecule has 0 radical (unpaired) electrons. The van der Waals surface area contributed by atoms with Crippen molar-refractivity contribution in [3.8, 4) is 11.5 Å². The van der Waals surface area contributed by atoms with Crippen LogP contribution in [-0.2, 0) is 38.5 Å². The van der Waals surface area contributed by atoms with Crippen molar-refractivity contribution in [2.45, 2.75) is 49.9 Å². The summed E-state index contributed by atoms with van der Waals surface area (Å²) in [5, 5.41) is 7.77. The summed E-state index contributed by atoms with van der Waals surface area (Å²) >= 11 is 0. The van der Waals surface area contributed by atoms with Gasteiger partial charge in [0.25, 0.3) is 23.6 Å². The fourth-order valence-corrected chi connectivity index (χ4v) is 8.73. The smallest absolute Gasteiger partial charge is 0.327 e. The molecule has 4 heterocycles. The lowest BCUT2D eigenvalue weighted by Crippen LogP contribution is -2.53. The maximum absolute atomic E-state index is 13.8. The van der Waals surface area contributed by atoms with E-state index in [4.69, 9.17) is 27.4 Å². The van der Waals surface area contributed by atoms with Crippen LogP contribution in [0.5, 0.6) is 11.5 Å². The molecule has 0 aliphatic carbocycles. The third kappa shape index (κ3) is 8.61. The second-order valence-corrected chi connectivity index (χ2v) is 22.5. The van der Waals surface area contributed by atoms with Crippen LogP contribution in [-0.4, -0.2) is 99.1 Å². The lowest BCUT2D eigenvalue weighted by Gasteiger charge is -2.32. The highest BCUT2D eigenvalue weighted by molar-refractivity contribution is 6.76. The molecule has 2 fully saturated rings. The van der Waals surface area contributed by atoms with Gasteiger partial charge in [0, 0.05) is 38.9 Å². The van der Waals surface area contributed by atoms with Crippen LogP contribution in [0.25, 0.3) is 9.69 Å². The maximum atomic E-state index is 13.8. The van der Waals surface area contributed by atoms with Gasteiger partial charge >= 0.3 is 12.1 Å². The first kappa shape index (κ1) is 44.5. The van der Waals surface area contributed by atoms with Crippen LogP contribution in [0.3, 0.4) is 0 Å². The molecule has 18 heteroatoms. The molecule has 0 unspecified atom stereocenters. The minimum atomic E-state index is -1.50. The van der Waals surface area contributed by atoms with Gasteiger partial charge in [-0.2, -0.15) is 0 Å². The number of benzene rings is 4. The predicted octanol–water partition coefficient (Wildman–Crippen LogP) is 5.90. The third-order valence-electron chi connectivity index (χ3n) is 11.6. The summed E-state index contributed by atoms with van der Waals surface area (Å²) in [5.74, 6) is -0.356. The number of fused-ring (bicyclic) bond motifs is 2. The second kappa shape index (κ2) is 17.7. The number of carbonyl (C=O) groups excluding carboxylic acids is 6. The van der Waals surface area contributed by atoms with Crippen molar-refractivity contribution in [2.75, 3.05) is 40.6 Å². The summed E-state index contributed by atoms with van der Waals surface area (Å²) in [6.07, 6.45) is 0. The van der Waals surface area contributed by atoms with Crippen molar-refractivity contribution < 1.29 is 43.0 Å².